The van der Waals surface area contributed by atoms with Gasteiger partial charge in [0.15, 0.2) is 0 Å². The average Bonchev–Trinajstić information content (AvgIpc) is 2.57. The van der Waals surface area contributed by atoms with Crippen LogP contribution in [0.25, 0.3) is 22.6 Å². The lowest BCUT2D eigenvalue weighted by Crippen LogP contribution is -2.27. The van der Waals surface area contributed by atoms with Gasteiger partial charge in [0.05, 0.1) is 10.9 Å². The quantitative estimate of drug-likeness (QED) is 0.683. The van der Waals surface area contributed by atoms with E-state index >= 15 is 0 Å². The van der Waals surface area contributed by atoms with Gasteiger partial charge in [-0.3, -0.25) is 9.36 Å². The molecular weight excluding hydrogens is 322 g/mol. The second-order valence-electron chi connectivity index (χ2n) is 5.99. The zero-order chi connectivity index (χ0) is 16.7. The molecule has 0 atom stereocenters. The van der Waals surface area contributed by atoms with Gasteiger partial charge in [0.1, 0.15) is 5.82 Å². The van der Waals surface area contributed by atoms with E-state index in [-0.39, 0.29) is 5.56 Å². The van der Waals surface area contributed by atoms with Crippen molar-refractivity contribution in [3.8, 4) is 0 Å². The summed E-state index contributed by atoms with van der Waals surface area (Å²) in [5, 5.41) is 1.32. The van der Waals surface area contributed by atoms with E-state index in [0.717, 1.165) is 29.8 Å². The van der Waals surface area contributed by atoms with E-state index in [0.29, 0.717) is 28.2 Å². The summed E-state index contributed by atoms with van der Waals surface area (Å²) < 4.78 is 1.77. The van der Waals surface area contributed by atoms with Crippen LogP contribution < -0.4 is 11.3 Å². The maximum absolute atomic E-state index is 12.8. The molecule has 2 N–H and O–H groups in total. The maximum Gasteiger partial charge on any atom is 0.261 e. The first kappa shape index (κ1) is 15.0. The number of hydrogen-bond donors (Lipinski definition) is 1. The predicted molar refractivity (Wildman–Crippen MR) is 99.0 cm³/mol. The second kappa shape index (κ2) is 5.80. The Balaban J connectivity index is 1.92. The van der Waals surface area contributed by atoms with Gasteiger partial charge in [-0.25, -0.2) is 4.98 Å². The highest BCUT2D eigenvalue weighted by Crippen LogP contribution is 2.27. The van der Waals surface area contributed by atoms with Crippen molar-refractivity contribution in [2.75, 3.05) is 5.73 Å². The maximum atomic E-state index is 12.8. The number of aromatic nitrogens is 2. The molecule has 0 unspecified atom stereocenters. The first-order valence-corrected chi connectivity index (χ1v) is 8.26. The molecule has 1 aliphatic rings. The normalized spacial score (nSPS) is 15.6. The van der Waals surface area contributed by atoms with E-state index in [9.17, 15) is 4.79 Å². The molecule has 5 heteroatoms. The fraction of sp³-hybridized carbons (Fsp3) is 0.158. The Morgan fingerprint density at radius 1 is 1.17 bits per heavy atom. The Morgan fingerprint density at radius 2 is 1.96 bits per heavy atom. The van der Waals surface area contributed by atoms with Crippen LogP contribution in [-0.4, -0.2) is 9.55 Å². The fourth-order valence-corrected chi connectivity index (χ4v) is 3.25. The number of nitrogens with zero attached hydrogens (tertiary/aromatic N) is 2. The smallest absolute Gasteiger partial charge is 0.261 e. The van der Waals surface area contributed by atoms with Crippen LogP contribution in [0, 0.1) is 0 Å². The average molecular weight is 338 g/mol. The van der Waals surface area contributed by atoms with Gasteiger partial charge in [-0.15, -0.1) is 0 Å². The van der Waals surface area contributed by atoms with Crippen LogP contribution in [0.3, 0.4) is 0 Å². The van der Waals surface area contributed by atoms with E-state index in [1.165, 1.54) is 0 Å². The molecule has 1 aliphatic heterocycles. The Kier molecular flexibility index (Phi) is 3.62. The van der Waals surface area contributed by atoms with Crippen LogP contribution >= 0.6 is 11.6 Å². The molecule has 120 valence electrons. The van der Waals surface area contributed by atoms with Crippen molar-refractivity contribution in [1.29, 1.82) is 0 Å². The standard InChI is InChI=1S/C19H16ClN3O/c20-14-5-3-12(4-6-14)10-13-2-1-9-23-18(13)22-17-11-15(21)7-8-16(17)19(23)24/h3-8,10-11H,1-2,9,21H2. The van der Waals surface area contributed by atoms with Crippen LogP contribution in [0.5, 0.6) is 0 Å². The summed E-state index contributed by atoms with van der Waals surface area (Å²) in [5.41, 5.74) is 9.21. The van der Waals surface area contributed by atoms with E-state index in [1.54, 1.807) is 22.8 Å². The molecule has 3 aromatic rings. The van der Waals surface area contributed by atoms with Crippen molar-refractivity contribution in [1.82, 2.24) is 9.55 Å². The van der Waals surface area contributed by atoms with Crippen molar-refractivity contribution in [3.05, 3.63) is 69.2 Å². The van der Waals surface area contributed by atoms with Crippen LogP contribution in [0.15, 0.2) is 47.3 Å². The summed E-state index contributed by atoms with van der Waals surface area (Å²) in [6, 6.07) is 12.9. The topological polar surface area (TPSA) is 60.9 Å². The fourth-order valence-electron chi connectivity index (χ4n) is 3.13. The molecule has 24 heavy (non-hydrogen) atoms. The highest BCUT2D eigenvalue weighted by molar-refractivity contribution is 6.30. The van der Waals surface area contributed by atoms with Gasteiger partial charge in [0.25, 0.3) is 5.56 Å². The van der Waals surface area contributed by atoms with E-state index in [1.807, 2.05) is 24.3 Å². The molecule has 2 aromatic carbocycles. The van der Waals surface area contributed by atoms with Crippen molar-refractivity contribution in [3.63, 3.8) is 0 Å². The molecule has 0 fully saturated rings. The van der Waals surface area contributed by atoms with Crippen LogP contribution in [0.1, 0.15) is 24.2 Å². The molecule has 2 heterocycles. The number of nitrogen functional groups attached to an aromatic ring is 1. The summed E-state index contributed by atoms with van der Waals surface area (Å²) in [5.74, 6) is 0.735. The lowest BCUT2D eigenvalue weighted by molar-refractivity contribution is 0.587. The van der Waals surface area contributed by atoms with E-state index < -0.39 is 0 Å². The summed E-state index contributed by atoms with van der Waals surface area (Å²) >= 11 is 5.95. The Hall–Kier alpha value is -2.59. The van der Waals surface area contributed by atoms with Gasteiger partial charge in [-0.1, -0.05) is 23.7 Å². The molecule has 1 aromatic heterocycles. The van der Waals surface area contributed by atoms with Gasteiger partial charge in [0, 0.05) is 17.3 Å². The zero-order valence-corrected chi connectivity index (χ0v) is 13.8. The number of anilines is 1. The number of nitrogens with two attached hydrogens (primary N) is 1. The number of fused-ring (bicyclic) bond motifs is 2. The summed E-state index contributed by atoms with van der Waals surface area (Å²) in [6.45, 7) is 0.694. The van der Waals surface area contributed by atoms with Crippen molar-refractivity contribution in [2.45, 2.75) is 19.4 Å². The molecule has 0 aliphatic carbocycles. The minimum atomic E-state index is -0.00305. The number of allylic oxidation sites excluding steroid dienone is 1. The molecule has 0 saturated carbocycles. The first-order chi connectivity index (χ1) is 11.6. The van der Waals surface area contributed by atoms with Gasteiger partial charge < -0.3 is 5.73 Å². The van der Waals surface area contributed by atoms with Crippen LogP contribution in [0.2, 0.25) is 5.02 Å². The molecule has 0 spiro atoms. The molecule has 0 bridgehead atoms. The van der Waals surface area contributed by atoms with Crippen LogP contribution in [-0.2, 0) is 6.54 Å². The van der Waals surface area contributed by atoms with Gasteiger partial charge in [0.2, 0.25) is 0 Å². The highest BCUT2D eigenvalue weighted by atomic mass is 35.5. The molecular formula is C19H16ClN3O. The number of halogens is 1. The minimum absolute atomic E-state index is 0.00305. The third kappa shape index (κ3) is 2.59. The molecule has 0 amide bonds. The number of hydrogen-bond acceptors (Lipinski definition) is 3. The van der Waals surface area contributed by atoms with Crippen molar-refractivity contribution in [2.24, 2.45) is 0 Å². The SMILES string of the molecule is Nc1ccc2c(=O)n3c(nc2c1)C(=Cc1ccc(Cl)cc1)CCC3. The van der Waals surface area contributed by atoms with Gasteiger partial charge in [-0.05, 0) is 60.4 Å². The monoisotopic (exact) mass is 337 g/mol. The minimum Gasteiger partial charge on any atom is -0.399 e. The first-order valence-electron chi connectivity index (χ1n) is 7.88. The summed E-state index contributed by atoms with van der Waals surface area (Å²) in [7, 11) is 0. The Labute approximate surface area is 144 Å². The molecule has 0 saturated heterocycles. The molecule has 4 nitrogen and oxygen atoms in total. The molecule has 4 rings (SSSR count). The van der Waals surface area contributed by atoms with Crippen molar-refractivity contribution >= 4 is 39.8 Å². The van der Waals surface area contributed by atoms with Crippen molar-refractivity contribution < 1.29 is 0 Å². The third-order valence-corrected chi connectivity index (χ3v) is 4.56. The number of benzene rings is 2. The summed E-state index contributed by atoms with van der Waals surface area (Å²) in [6.07, 6.45) is 3.89. The van der Waals surface area contributed by atoms with E-state index in [4.69, 9.17) is 22.3 Å². The van der Waals surface area contributed by atoms with Crippen LogP contribution in [0.4, 0.5) is 5.69 Å². The number of rotatable bonds is 1. The van der Waals surface area contributed by atoms with Gasteiger partial charge >= 0.3 is 0 Å². The highest BCUT2D eigenvalue weighted by Gasteiger charge is 2.18. The lowest BCUT2D eigenvalue weighted by Gasteiger charge is -2.21. The Morgan fingerprint density at radius 3 is 2.75 bits per heavy atom. The van der Waals surface area contributed by atoms with Gasteiger partial charge in [-0.2, -0.15) is 0 Å². The predicted octanol–water partition coefficient (Wildman–Crippen LogP) is 3.97. The third-order valence-electron chi connectivity index (χ3n) is 4.31. The second-order valence-corrected chi connectivity index (χ2v) is 6.43. The Bertz CT molecular complexity index is 1020. The zero-order valence-electron chi connectivity index (χ0n) is 13.0. The lowest BCUT2D eigenvalue weighted by atomic mass is 10.0. The molecule has 0 radical (unpaired) electrons. The summed E-state index contributed by atoms with van der Waals surface area (Å²) in [4.78, 5) is 17.5. The largest absolute Gasteiger partial charge is 0.399 e. The van der Waals surface area contributed by atoms with E-state index in [2.05, 4.69) is 6.08 Å².